The maximum Gasteiger partial charge on any atom is 0.265 e. The summed E-state index contributed by atoms with van der Waals surface area (Å²) in [5.41, 5.74) is 0.572. The van der Waals surface area contributed by atoms with Crippen LogP contribution in [-0.2, 0) is 16.6 Å². The number of rotatable bonds is 5. The van der Waals surface area contributed by atoms with E-state index < -0.39 is 27.7 Å². The van der Waals surface area contributed by atoms with Crippen molar-refractivity contribution in [2.75, 3.05) is 18.1 Å². The molecule has 0 bridgehead atoms. The van der Waals surface area contributed by atoms with Gasteiger partial charge in [-0.15, -0.1) is 0 Å². The number of carbonyl (C=O) groups excluding carboxylic acids is 2. The number of hydrogen-bond donors (Lipinski definition) is 1. The number of imide groups is 1. The van der Waals surface area contributed by atoms with Crippen molar-refractivity contribution in [3.63, 3.8) is 0 Å². The third kappa shape index (κ3) is 3.24. The maximum atomic E-state index is 13.2. The molecule has 1 aliphatic rings. The van der Waals surface area contributed by atoms with Crippen LogP contribution >= 0.6 is 0 Å². The maximum absolute atomic E-state index is 13.2. The van der Waals surface area contributed by atoms with Crippen molar-refractivity contribution in [1.29, 1.82) is 0 Å². The zero-order valence-electron chi connectivity index (χ0n) is 16.0. The van der Waals surface area contributed by atoms with Crippen molar-refractivity contribution < 1.29 is 27.1 Å². The number of hydrogen-bond acceptors (Lipinski definition) is 6. The number of sulfonamides is 1. The van der Waals surface area contributed by atoms with E-state index in [2.05, 4.69) is 9.71 Å². The molecule has 4 rings (SSSR count). The van der Waals surface area contributed by atoms with Crippen LogP contribution in [0.25, 0.3) is 10.9 Å². The molecule has 0 spiro atoms. The van der Waals surface area contributed by atoms with Gasteiger partial charge < -0.3 is 4.74 Å². The second-order valence-corrected chi connectivity index (χ2v) is 8.50. The van der Waals surface area contributed by atoms with Gasteiger partial charge in [0.1, 0.15) is 11.3 Å². The lowest BCUT2D eigenvalue weighted by atomic mass is 10.0. The van der Waals surface area contributed by atoms with Gasteiger partial charge in [-0.05, 0) is 29.8 Å². The van der Waals surface area contributed by atoms with Gasteiger partial charge in [-0.3, -0.25) is 24.2 Å². The lowest BCUT2D eigenvalue weighted by molar-refractivity contribution is 0.0642. The largest absolute Gasteiger partial charge is 0.494 e. The molecule has 0 radical (unpaired) electrons. The summed E-state index contributed by atoms with van der Waals surface area (Å²) in [6.07, 6.45) is 2.42. The number of carbonyl (C=O) groups is 2. The first-order chi connectivity index (χ1) is 14.2. The van der Waals surface area contributed by atoms with Crippen LogP contribution in [0.1, 0.15) is 26.3 Å². The highest BCUT2D eigenvalue weighted by molar-refractivity contribution is 7.92. The van der Waals surface area contributed by atoms with E-state index in [0.717, 1.165) is 11.2 Å². The molecule has 0 saturated heterocycles. The number of anilines is 1. The average Bonchev–Trinajstić information content (AvgIpc) is 2.94. The van der Waals surface area contributed by atoms with E-state index >= 15 is 0 Å². The first kappa shape index (κ1) is 19.8. The lowest BCUT2D eigenvalue weighted by Gasteiger charge is -2.15. The van der Waals surface area contributed by atoms with E-state index in [1.165, 1.54) is 37.6 Å². The number of nitrogens with zero attached hydrogens (tertiary/aromatic N) is 2. The highest BCUT2D eigenvalue weighted by Gasteiger charge is 2.42. The van der Waals surface area contributed by atoms with Crippen LogP contribution < -0.4 is 9.46 Å². The van der Waals surface area contributed by atoms with Crippen molar-refractivity contribution in [2.24, 2.45) is 0 Å². The second-order valence-electron chi connectivity index (χ2n) is 6.75. The summed E-state index contributed by atoms with van der Waals surface area (Å²) < 4.78 is 44.9. The Morgan fingerprint density at radius 1 is 1.10 bits per heavy atom. The van der Waals surface area contributed by atoms with Gasteiger partial charge in [0.25, 0.3) is 11.8 Å². The molecular formula is C20H16FN3O5S. The fraction of sp³-hybridized carbons (Fsp3) is 0.150. The predicted molar refractivity (Wildman–Crippen MR) is 107 cm³/mol. The Hall–Kier alpha value is -3.53. The van der Waals surface area contributed by atoms with Crippen LogP contribution in [0.2, 0.25) is 0 Å². The summed E-state index contributed by atoms with van der Waals surface area (Å²) in [6.45, 7) is -0.113. The number of amides is 2. The summed E-state index contributed by atoms with van der Waals surface area (Å²) in [4.78, 5) is 31.6. The van der Waals surface area contributed by atoms with Crippen molar-refractivity contribution in [1.82, 2.24) is 9.88 Å². The molecule has 0 saturated carbocycles. The van der Waals surface area contributed by atoms with E-state index in [1.54, 1.807) is 12.1 Å². The molecule has 154 valence electrons. The van der Waals surface area contributed by atoms with E-state index in [9.17, 15) is 22.4 Å². The first-order valence-electron chi connectivity index (χ1n) is 8.78. The lowest BCUT2D eigenvalue weighted by Crippen LogP contribution is -2.29. The third-order valence-electron chi connectivity index (χ3n) is 4.68. The van der Waals surface area contributed by atoms with Crippen molar-refractivity contribution >= 4 is 38.4 Å². The van der Waals surface area contributed by atoms with E-state index in [-0.39, 0.29) is 34.6 Å². The zero-order valence-corrected chi connectivity index (χ0v) is 16.8. The van der Waals surface area contributed by atoms with Gasteiger partial charge in [0.2, 0.25) is 10.0 Å². The molecule has 2 heterocycles. The summed E-state index contributed by atoms with van der Waals surface area (Å²) in [5, 5.41) is 0.323. The predicted octanol–water partition coefficient (Wildman–Crippen LogP) is 2.55. The molecule has 3 aromatic rings. The SMILES string of the molecule is COc1c2c(c(NS(C)(=O)=O)c3cccnc13)C(=O)N(Cc1ccc(F)cc1)C2=O. The van der Waals surface area contributed by atoms with Crippen LogP contribution in [0.3, 0.4) is 0 Å². The molecule has 0 unspecified atom stereocenters. The fourth-order valence-electron chi connectivity index (χ4n) is 3.47. The Kier molecular flexibility index (Phi) is 4.65. The summed E-state index contributed by atoms with van der Waals surface area (Å²) in [5.74, 6) is -1.70. The highest BCUT2D eigenvalue weighted by atomic mass is 32.2. The Labute approximate surface area is 171 Å². The molecule has 8 nitrogen and oxygen atoms in total. The van der Waals surface area contributed by atoms with Gasteiger partial charge in [-0.1, -0.05) is 12.1 Å². The minimum Gasteiger partial charge on any atom is -0.494 e. The topological polar surface area (TPSA) is 106 Å². The standard InChI is InChI=1S/C20H16FN3O5S/c1-29-18-15-14(16(23-30(2,27)28)13-4-3-9-22-17(13)18)19(25)24(20(15)26)10-11-5-7-12(21)8-6-11/h3-9,23H,10H2,1-2H3. The van der Waals surface area contributed by atoms with Crippen LogP contribution in [0.15, 0.2) is 42.6 Å². The normalized spacial score (nSPS) is 13.6. The van der Waals surface area contributed by atoms with Gasteiger partial charge >= 0.3 is 0 Å². The van der Waals surface area contributed by atoms with Crippen molar-refractivity contribution in [3.8, 4) is 5.75 Å². The monoisotopic (exact) mass is 429 g/mol. The second kappa shape index (κ2) is 7.06. The highest BCUT2D eigenvalue weighted by Crippen LogP contribution is 2.43. The van der Waals surface area contributed by atoms with Crippen LogP contribution in [-0.4, -0.2) is 43.5 Å². The molecule has 1 aromatic heterocycles. The number of methoxy groups -OCH3 is 1. The Morgan fingerprint density at radius 3 is 2.40 bits per heavy atom. The number of nitrogens with one attached hydrogen (secondary N) is 1. The number of aromatic nitrogens is 1. The van der Waals surface area contributed by atoms with Crippen molar-refractivity contribution in [2.45, 2.75) is 6.54 Å². The Bertz CT molecular complexity index is 1310. The first-order valence-corrected chi connectivity index (χ1v) is 10.7. The molecule has 1 N–H and O–H groups in total. The van der Waals surface area contributed by atoms with Gasteiger partial charge in [-0.25, -0.2) is 12.8 Å². The number of ether oxygens (including phenoxy) is 1. The zero-order chi connectivity index (χ0) is 21.6. The molecule has 30 heavy (non-hydrogen) atoms. The molecule has 0 atom stereocenters. The molecule has 0 aliphatic carbocycles. The van der Waals surface area contributed by atoms with Gasteiger partial charge in [0, 0.05) is 11.6 Å². The number of benzene rings is 2. The number of pyridine rings is 1. The molecule has 2 amide bonds. The van der Waals surface area contributed by atoms with E-state index in [4.69, 9.17) is 4.74 Å². The third-order valence-corrected chi connectivity index (χ3v) is 5.26. The molecular weight excluding hydrogens is 413 g/mol. The van der Waals surface area contributed by atoms with E-state index in [1.807, 2.05) is 0 Å². The molecule has 2 aromatic carbocycles. The van der Waals surface area contributed by atoms with Gasteiger partial charge in [-0.2, -0.15) is 0 Å². The van der Waals surface area contributed by atoms with Crippen LogP contribution in [0.4, 0.5) is 10.1 Å². The molecule has 0 fully saturated rings. The molecule has 10 heteroatoms. The van der Waals surface area contributed by atoms with Crippen LogP contribution in [0.5, 0.6) is 5.75 Å². The van der Waals surface area contributed by atoms with E-state index in [0.29, 0.717) is 10.9 Å². The summed E-state index contributed by atoms with van der Waals surface area (Å²) in [6, 6.07) is 8.54. The quantitative estimate of drug-likeness (QED) is 0.625. The van der Waals surface area contributed by atoms with Gasteiger partial charge in [0.15, 0.2) is 5.75 Å². The summed E-state index contributed by atoms with van der Waals surface area (Å²) >= 11 is 0. The Balaban J connectivity index is 1.94. The fourth-order valence-corrected chi connectivity index (χ4v) is 4.05. The van der Waals surface area contributed by atoms with Crippen LogP contribution in [0, 0.1) is 5.82 Å². The number of halogens is 1. The number of fused-ring (bicyclic) bond motifs is 2. The van der Waals surface area contributed by atoms with Crippen molar-refractivity contribution in [3.05, 3.63) is 65.1 Å². The smallest absolute Gasteiger partial charge is 0.265 e. The Morgan fingerprint density at radius 2 is 1.77 bits per heavy atom. The average molecular weight is 429 g/mol. The summed E-state index contributed by atoms with van der Waals surface area (Å²) in [7, 11) is -2.43. The minimum atomic E-state index is -3.77. The molecule has 1 aliphatic heterocycles. The van der Waals surface area contributed by atoms with Gasteiger partial charge in [0.05, 0.1) is 36.7 Å². The minimum absolute atomic E-state index is 0.0312.